The molecule has 1 amide bonds. The van der Waals surface area contributed by atoms with Crippen molar-refractivity contribution in [2.24, 2.45) is 5.92 Å². The number of amides is 1. The molecule has 1 aliphatic rings. The van der Waals surface area contributed by atoms with Crippen LogP contribution in [0.25, 0.3) is 11.5 Å². The van der Waals surface area contributed by atoms with E-state index in [1.807, 2.05) is 0 Å². The van der Waals surface area contributed by atoms with Gasteiger partial charge in [-0.1, -0.05) is 0 Å². The molecule has 0 bridgehead atoms. The molecule has 3 aromatic heterocycles. The standard InChI is InChI=1S/C17H17N7O2/c1-11-13(16(26)22-7-4-12(9-18)5-8-22)10-19-24(11)17-20-15(25)14-3-2-6-23(14)21-17/h2-3,6,10,12H,4-5,7-8H2,1H3,(H,20,21,25). The first-order valence-electron chi connectivity index (χ1n) is 8.40. The summed E-state index contributed by atoms with van der Waals surface area (Å²) in [6, 6.07) is 5.66. The van der Waals surface area contributed by atoms with Gasteiger partial charge in [-0.3, -0.25) is 14.6 Å². The number of H-pyrrole nitrogens is 1. The van der Waals surface area contributed by atoms with Gasteiger partial charge >= 0.3 is 0 Å². The fraction of sp³-hybridized carbons (Fsp3) is 0.353. The third-order valence-corrected chi connectivity index (χ3v) is 4.79. The van der Waals surface area contributed by atoms with E-state index in [1.54, 1.807) is 30.2 Å². The summed E-state index contributed by atoms with van der Waals surface area (Å²) in [7, 11) is 0. The maximum atomic E-state index is 12.8. The second kappa shape index (κ2) is 6.15. The van der Waals surface area contributed by atoms with Gasteiger partial charge < -0.3 is 4.90 Å². The molecule has 9 nitrogen and oxygen atoms in total. The van der Waals surface area contributed by atoms with Crippen molar-refractivity contribution in [2.45, 2.75) is 19.8 Å². The van der Waals surface area contributed by atoms with E-state index < -0.39 is 0 Å². The lowest BCUT2D eigenvalue weighted by molar-refractivity contribution is 0.0706. The van der Waals surface area contributed by atoms with Gasteiger partial charge in [-0.15, -0.1) is 5.10 Å². The first-order chi connectivity index (χ1) is 12.6. The van der Waals surface area contributed by atoms with Gasteiger partial charge in [0.05, 0.1) is 23.5 Å². The number of piperidine rings is 1. The van der Waals surface area contributed by atoms with E-state index in [1.165, 1.54) is 15.4 Å². The molecule has 3 aromatic rings. The Kier molecular flexibility index (Phi) is 3.80. The van der Waals surface area contributed by atoms with Crippen LogP contribution in [0.4, 0.5) is 0 Å². The van der Waals surface area contributed by atoms with E-state index in [0.29, 0.717) is 42.7 Å². The van der Waals surface area contributed by atoms with Crippen LogP contribution < -0.4 is 5.56 Å². The molecule has 0 radical (unpaired) electrons. The molecule has 9 heteroatoms. The average molecular weight is 351 g/mol. The Morgan fingerprint density at radius 2 is 2.15 bits per heavy atom. The van der Waals surface area contributed by atoms with Gasteiger partial charge in [0.15, 0.2) is 0 Å². The zero-order valence-corrected chi connectivity index (χ0v) is 14.2. The minimum atomic E-state index is -0.277. The Morgan fingerprint density at radius 3 is 2.88 bits per heavy atom. The smallest absolute Gasteiger partial charge is 0.276 e. The Bertz CT molecular complexity index is 1080. The number of aromatic nitrogens is 5. The summed E-state index contributed by atoms with van der Waals surface area (Å²) in [5.74, 6) is 0.151. The highest BCUT2D eigenvalue weighted by Crippen LogP contribution is 2.20. The fourth-order valence-corrected chi connectivity index (χ4v) is 3.24. The molecule has 0 atom stereocenters. The molecule has 4 rings (SSSR count). The molecule has 1 saturated heterocycles. The van der Waals surface area contributed by atoms with Crippen LogP contribution in [0.3, 0.4) is 0 Å². The second-order valence-corrected chi connectivity index (χ2v) is 6.37. The van der Waals surface area contributed by atoms with Crippen LogP contribution in [0.15, 0.2) is 29.3 Å². The van der Waals surface area contributed by atoms with E-state index in [0.717, 1.165) is 0 Å². The monoisotopic (exact) mass is 351 g/mol. The number of hydrogen-bond donors (Lipinski definition) is 1. The summed E-state index contributed by atoms with van der Waals surface area (Å²) >= 11 is 0. The molecule has 1 N–H and O–H groups in total. The zero-order chi connectivity index (χ0) is 18.3. The highest BCUT2D eigenvalue weighted by Gasteiger charge is 2.26. The molecule has 0 aliphatic carbocycles. The highest BCUT2D eigenvalue weighted by atomic mass is 16.2. The normalized spacial score (nSPS) is 15.3. The van der Waals surface area contributed by atoms with Crippen molar-refractivity contribution >= 4 is 11.4 Å². The molecule has 132 valence electrons. The van der Waals surface area contributed by atoms with Crippen molar-refractivity contribution in [3.63, 3.8) is 0 Å². The first kappa shape index (κ1) is 16.1. The summed E-state index contributed by atoms with van der Waals surface area (Å²) in [5.41, 5.74) is 1.24. The zero-order valence-electron chi connectivity index (χ0n) is 14.2. The third-order valence-electron chi connectivity index (χ3n) is 4.79. The van der Waals surface area contributed by atoms with Crippen LogP contribution in [0, 0.1) is 24.2 Å². The number of nitrogens with one attached hydrogen (secondary N) is 1. The van der Waals surface area contributed by atoms with Gasteiger partial charge in [0.25, 0.3) is 11.5 Å². The molecular formula is C17H17N7O2. The van der Waals surface area contributed by atoms with Gasteiger partial charge in [0.1, 0.15) is 5.52 Å². The van der Waals surface area contributed by atoms with Crippen molar-refractivity contribution in [3.05, 3.63) is 46.1 Å². The molecule has 0 unspecified atom stereocenters. The third kappa shape index (κ3) is 2.56. The predicted octanol–water partition coefficient (Wildman–Crippen LogP) is 0.892. The van der Waals surface area contributed by atoms with Gasteiger partial charge in [-0.05, 0) is 31.9 Å². The van der Waals surface area contributed by atoms with Crippen LogP contribution in [-0.2, 0) is 0 Å². The second-order valence-electron chi connectivity index (χ2n) is 6.37. The summed E-state index contributed by atoms with van der Waals surface area (Å²) in [5, 5.41) is 17.6. The number of aromatic amines is 1. The van der Waals surface area contributed by atoms with Gasteiger partial charge in [0.2, 0.25) is 5.95 Å². The summed E-state index contributed by atoms with van der Waals surface area (Å²) in [4.78, 5) is 29.4. The van der Waals surface area contributed by atoms with E-state index in [-0.39, 0.29) is 23.3 Å². The maximum absolute atomic E-state index is 12.8. The van der Waals surface area contributed by atoms with Crippen LogP contribution >= 0.6 is 0 Å². The van der Waals surface area contributed by atoms with Crippen molar-refractivity contribution in [1.82, 2.24) is 29.3 Å². The largest absolute Gasteiger partial charge is 0.338 e. The topological polar surface area (TPSA) is 112 Å². The molecule has 0 aromatic carbocycles. The first-order valence-corrected chi connectivity index (χ1v) is 8.40. The highest BCUT2D eigenvalue weighted by molar-refractivity contribution is 5.95. The molecule has 0 saturated carbocycles. The predicted molar refractivity (Wildman–Crippen MR) is 91.9 cm³/mol. The molecule has 0 spiro atoms. The Balaban J connectivity index is 1.64. The summed E-state index contributed by atoms with van der Waals surface area (Å²) < 4.78 is 2.93. The minimum absolute atomic E-state index is 0.0189. The van der Waals surface area contributed by atoms with E-state index >= 15 is 0 Å². The number of nitriles is 1. The van der Waals surface area contributed by atoms with E-state index in [2.05, 4.69) is 21.3 Å². The molecule has 1 fully saturated rings. The average Bonchev–Trinajstić information content (AvgIpc) is 3.28. The molecule has 1 aliphatic heterocycles. The van der Waals surface area contributed by atoms with Gasteiger partial charge in [-0.25, -0.2) is 9.20 Å². The van der Waals surface area contributed by atoms with E-state index in [9.17, 15) is 9.59 Å². The van der Waals surface area contributed by atoms with E-state index in [4.69, 9.17) is 5.26 Å². The SMILES string of the molecule is Cc1c(C(=O)N2CCC(C#N)CC2)cnn1-c1nn2cccc2c(=O)[nH]1. The molecule has 26 heavy (non-hydrogen) atoms. The fourth-order valence-electron chi connectivity index (χ4n) is 3.24. The lowest BCUT2D eigenvalue weighted by Gasteiger charge is -2.29. The quantitative estimate of drug-likeness (QED) is 0.737. The Hall–Kier alpha value is -3.41. The molecular weight excluding hydrogens is 334 g/mol. The summed E-state index contributed by atoms with van der Waals surface area (Å²) in [6.45, 7) is 2.89. The van der Waals surface area contributed by atoms with Crippen LogP contribution in [0.1, 0.15) is 28.9 Å². The van der Waals surface area contributed by atoms with Crippen molar-refractivity contribution in [1.29, 1.82) is 5.26 Å². The molecule has 4 heterocycles. The number of carbonyl (C=O) groups is 1. The minimum Gasteiger partial charge on any atom is -0.338 e. The number of hydrogen-bond acceptors (Lipinski definition) is 5. The number of nitrogens with zero attached hydrogens (tertiary/aromatic N) is 6. The van der Waals surface area contributed by atoms with Crippen LogP contribution in [-0.4, -0.2) is 48.3 Å². The van der Waals surface area contributed by atoms with Gasteiger partial charge in [0, 0.05) is 25.2 Å². The van der Waals surface area contributed by atoms with Crippen molar-refractivity contribution in [3.8, 4) is 12.0 Å². The van der Waals surface area contributed by atoms with Crippen molar-refractivity contribution in [2.75, 3.05) is 13.1 Å². The number of carbonyl (C=O) groups excluding carboxylic acids is 1. The van der Waals surface area contributed by atoms with Crippen LogP contribution in [0.5, 0.6) is 0 Å². The van der Waals surface area contributed by atoms with Gasteiger partial charge in [-0.2, -0.15) is 10.4 Å². The summed E-state index contributed by atoms with van der Waals surface area (Å²) in [6.07, 6.45) is 4.55. The Labute approximate surface area is 148 Å². The lowest BCUT2D eigenvalue weighted by atomic mass is 9.98. The maximum Gasteiger partial charge on any atom is 0.276 e. The van der Waals surface area contributed by atoms with Crippen molar-refractivity contribution < 1.29 is 4.79 Å². The van der Waals surface area contributed by atoms with Crippen LogP contribution in [0.2, 0.25) is 0 Å². The Morgan fingerprint density at radius 1 is 1.38 bits per heavy atom. The lowest BCUT2D eigenvalue weighted by Crippen LogP contribution is -2.38. The number of rotatable bonds is 2. The number of likely N-dealkylation sites (tertiary alicyclic amines) is 1. The number of fused-ring (bicyclic) bond motifs is 1.